The molecule has 0 aliphatic carbocycles. The molecule has 0 atom stereocenters. The smallest absolute Gasteiger partial charge is 0.289 e. The fraction of sp³-hybridized carbons (Fsp3) is 0.190. The molecular weight excluding hydrogens is 376 g/mol. The van der Waals surface area contributed by atoms with Crippen LogP contribution in [0.3, 0.4) is 0 Å². The van der Waals surface area contributed by atoms with E-state index in [4.69, 9.17) is 4.42 Å². The first-order valence-electron chi connectivity index (χ1n) is 9.04. The molecule has 144 valence electrons. The quantitative estimate of drug-likeness (QED) is 0.679. The molecule has 2 heterocycles. The number of benzene rings is 2. The van der Waals surface area contributed by atoms with Crippen LogP contribution in [0.1, 0.15) is 16.1 Å². The number of nitrogens with zero attached hydrogens (tertiary/aromatic N) is 2. The van der Waals surface area contributed by atoms with Crippen LogP contribution in [0.2, 0.25) is 0 Å². The topological polar surface area (TPSA) is 70.8 Å². The van der Waals surface area contributed by atoms with E-state index in [9.17, 15) is 13.2 Å². The summed E-state index contributed by atoms with van der Waals surface area (Å²) < 4.78 is 32.1. The summed E-state index contributed by atoms with van der Waals surface area (Å²) in [5, 5.41) is 2.09. The van der Waals surface area contributed by atoms with Crippen molar-refractivity contribution >= 4 is 33.0 Å². The molecule has 0 spiro atoms. The number of piperazine rings is 1. The van der Waals surface area contributed by atoms with E-state index in [0.29, 0.717) is 18.7 Å². The van der Waals surface area contributed by atoms with Gasteiger partial charge in [-0.2, -0.15) is 4.31 Å². The number of hydrogen-bond donors (Lipinski definition) is 0. The summed E-state index contributed by atoms with van der Waals surface area (Å²) in [6, 6.07) is 18.4. The van der Waals surface area contributed by atoms with Crippen molar-refractivity contribution in [1.29, 1.82) is 0 Å². The minimum atomic E-state index is -3.52. The Bertz CT molecular complexity index is 1080. The maximum Gasteiger partial charge on any atom is 0.289 e. The highest BCUT2D eigenvalue weighted by atomic mass is 32.2. The van der Waals surface area contributed by atoms with E-state index in [0.717, 1.165) is 10.9 Å². The Hall–Kier alpha value is -2.90. The molecule has 1 saturated heterocycles. The molecular formula is C21H20N2O4S. The number of rotatable bonds is 4. The van der Waals surface area contributed by atoms with Crippen LogP contribution in [-0.2, 0) is 10.0 Å². The SMILES string of the molecule is O=C(c1cc2ccccc2o1)N1CCN(S(=O)(=O)C=Cc2ccccc2)CC1. The molecule has 2 aromatic carbocycles. The van der Waals surface area contributed by atoms with Gasteiger partial charge in [0.15, 0.2) is 5.76 Å². The molecule has 3 aromatic rings. The Balaban J connectivity index is 1.41. The highest BCUT2D eigenvalue weighted by molar-refractivity contribution is 7.92. The second-order valence-electron chi connectivity index (χ2n) is 6.60. The second-order valence-corrected chi connectivity index (χ2v) is 8.42. The first-order valence-corrected chi connectivity index (χ1v) is 10.5. The lowest BCUT2D eigenvalue weighted by Crippen LogP contribution is -2.50. The standard InChI is InChI=1S/C21H20N2O4S/c24-21(20-16-18-8-4-5-9-19(18)27-20)22-11-13-23(14-12-22)28(25,26)15-10-17-6-2-1-3-7-17/h1-10,15-16H,11-14H2. The van der Waals surface area contributed by atoms with Crippen molar-refractivity contribution in [2.24, 2.45) is 0 Å². The van der Waals surface area contributed by atoms with Gasteiger partial charge >= 0.3 is 0 Å². The molecule has 0 saturated carbocycles. The number of amides is 1. The summed E-state index contributed by atoms with van der Waals surface area (Å²) in [7, 11) is -3.52. The molecule has 0 N–H and O–H groups in total. The number of sulfonamides is 1. The van der Waals surface area contributed by atoms with Gasteiger partial charge in [0.05, 0.1) is 0 Å². The van der Waals surface area contributed by atoms with Crippen LogP contribution in [0, 0.1) is 0 Å². The van der Waals surface area contributed by atoms with Crippen LogP contribution >= 0.6 is 0 Å². The molecule has 1 aromatic heterocycles. The van der Waals surface area contributed by atoms with E-state index in [1.807, 2.05) is 54.6 Å². The van der Waals surface area contributed by atoms with Crippen molar-refractivity contribution in [3.8, 4) is 0 Å². The minimum Gasteiger partial charge on any atom is -0.451 e. The summed E-state index contributed by atoms with van der Waals surface area (Å²) in [5.41, 5.74) is 1.49. The van der Waals surface area contributed by atoms with Gasteiger partial charge in [0.1, 0.15) is 5.58 Å². The Morgan fingerprint density at radius 3 is 2.32 bits per heavy atom. The Labute approximate surface area is 163 Å². The highest BCUT2D eigenvalue weighted by Crippen LogP contribution is 2.21. The monoisotopic (exact) mass is 396 g/mol. The Kier molecular flexibility index (Phi) is 5.02. The second kappa shape index (κ2) is 7.61. The Morgan fingerprint density at radius 2 is 1.61 bits per heavy atom. The molecule has 4 rings (SSSR count). The van der Waals surface area contributed by atoms with Crippen LogP contribution in [0.5, 0.6) is 0 Å². The summed E-state index contributed by atoms with van der Waals surface area (Å²) in [5.74, 6) is 0.0644. The zero-order chi connectivity index (χ0) is 19.6. The van der Waals surface area contributed by atoms with Gasteiger partial charge in [0.25, 0.3) is 5.91 Å². The van der Waals surface area contributed by atoms with Gasteiger partial charge in [0, 0.05) is 37.0 Å². The summed E-state index contributed by atoms with van der Waals surface area (Å²) in [6.45, 7) is 1.17. The van der Waals surface area contributed by atoms with Crippen molar-refractivity contribution in [3.63, 3.8) is 0 Å². The van der Waals surface area contributed by atoms with E-state index < -0.39 is 10.0 Å². The maximum atomic E-state index is 12.7. The summed E-state index contributed by atoms with van der Waals surface area (Å²) in [6.07, 6.45) is 1.58. The molecule has 0 radical (unpaired) electrons. The minimum absolute atomic E-state index is 0.215. The number of carbonyl (C=O) groups is 1. The van der Waals surface area contributed by atoms with Crippen molar-refractivity contribution < 1.29 is 17.6 Å². The zero-order valence-electron chi connectivity index (χ0n) is 15.2. The van der Waals surface area contributed by atoms with E-state index in [1.54, 1.807) is 17.0 Å². The molecule has 0 bridgehead atoms. The average molecular weight is 396 g/mol. The highest BCUT2D eigenvalue weighted by Gasteiger charge is 2.29. The number of hydrogen-bond acceptors (Lipinski definition) is 4. The predicted octanol–water partition coefficient (Wildman–Crippen LogP) is 3.19. The third-order valence-electron chi connectivity index (χ3n) is 4.75. The van der Waals surface area contributed by atoms with Crippen LogP contribution in [0.4, 0.5) is 0 Å². The maximum absolute atomic E-state index is 12.7. The fourth-order valence-corrected chi connectivity index (χ4v) is 4.38. The summed E-state index contributed by atoms with van der Waals surface area (Å²) >= 11 is 0. The van der Waals surface area contributed by atoms with E-state index in [2.05, 4.69) is 0 Å². The van der Waals surface area contributed by atoms with Crippen molar-refractivity contribution in [2.75, 3.05) is 26.2 Å². The molecule has 1 aliphatic rings. The average Bonchev–Trinajstić information content (AvgIpc) is 3.17. The van der Waals surface area contributed by atoms with Gasteiger partial charge in [-0.15, -0.1) is 0 Å². The number of fused-ring (bicyclic) bond motifs is 1. The van der Waals surface area contributed by atoms with E-state index >= 15 is 0 Å². The molecule has 6 nitrogen and oxygen atoms in total. The van der Waals surface area contributed by atoms with Crippen molar-refractivity contribution in [3.05, 3.63) is 77.4 Å². The van der Waals surface area contributed by atoms with Crippen LogP contribution in [-0.4, -0.2) is 49.7 Å². The fourth-order valence-electron chi connectivity index (χ4n) is 3.20. The molecule has 7 heteroatoms. The summed E-state index contributed by atoms with van der Waals surface area (Å²) in [4.78, 5) is 14.3. The number of carbonyl (C=O) groups excluding carboxylic acids is 1. The van der Waals surface area contributed by atoms with Gasteiger partial charge in [-0.1, -0.05) is 48.5 Å². The van der Waals surface area contributed by atoms with Gasteiger partial charge in [0.2, 0.25) is 10.0 Å². The number of furan rings is 1. The third kappa shape index (κ3) is 3.85. The first kappa shape index (κ1) is 18.5. The van der Waals surface area contributed by atoms with E-state index in [1.165, 1.54) is 9.71 Å². The van der Waals surface area contributed by atoms with Gasteiger partial charge in [-0.05, 0) is 23.8 Å². The molecule has 1 aliphatic heterocycles. The van der Waals surface area contributed by atoms with Gasteiger partial charge in [-0.25, -0.2) is 8.42 Å². The van der Waals surface area contributed by atoms with Crippen molar-refractivity contribution in [1.82, 2.24) is 9.21 Å². The lowest BCUT2D eigenvalue weighted by atomic mass is 10.2. The predicted molar refractivity (Wildman–Crippen MR) is 108 cm³/mol. The molecule has 1 fully saturated rings. The number of para-hydroxylation sites is 1. The first-order chi connectivity index (χ1) is 13.5. The Morgan fingerprint density at radius 1 is 0.929 bits per heavy atom. The zero-order valence-corrected chi connectivity index (χ0v) is 16.0. The van der Waals surface area contributed by atoms with Gasteiger partial charge in [-0.3, -0.25) is 4.79 Å². The molecule has 1 amide bonds. The lowest BCUT2D eigenvalue weighted by molar-refractivity contribution is 0.0669. The van der Waals surface area contributed by atoms with Crippen LogP contribution in [0.25, 0.3) is 17.0 Å². The lowest BCUT2D eigenvalue weighted by Gasteiger charge is -2.32. The third-order valence-corrected chi connectivity index (χ3v) is 6.32. The van der Waals surface area contributed by atoms with E-state index in [-0.39, 0.29) is 24.8 Å². The molecule has 0 unspecified atom stereocenters. The molecule has 28 heavy (non-hydrogen) atoms. The van der Waals surface area contributed by atoms with Crippen LogP contribution in [0.15, 0.2) is 70.5 Å². The van der Waals surface area contributed by atoms with Crippen LogP contribution < -0.4 is 0 Å². The van der Waals surface area contributed by atoms with Gasteiger partial charge < -0.3 is 9.32 Å². The normalized spacial score (nSPS) is 16.1. The van der Waals surface area contributed by atoms with Crippen molar-refractivity contribution in [2.45, 2.75) is 0 Å². The largest absolute Gasteiger partial charge is 0.451 e.